The molecule has 1 saturated carbocycles. The molecule has 0 aromatic carbocycles. The van der Waals surface area contributed by atoms with E-state index in [1.54, 1.807) is 25.5 Å². The van der Waals surface area contributed by atoms with Gasteiger partial charge in [-0.15, -0.1) is 11.3 Å². The van der Waals surface area contributed by atoms with Crippen LogP contribution in [-0.2, 0) is 4.79 Å². The minimum absolute atomic E-state index is 0.0330. The molecule has 6 aromatic rings. The molecule has 192 valence electrons. The summed E-state index contributed by atoms with van der Waals surface area (Å²) >= 11 is 1.43. The van der Waals surface area contributed by atoms with Gasteiger partial charge in [-0.2, -0.15) is 5.10 Å². The lowest BCUT2D eigenvalue weighted by atomic mass is 9.85. The maximum absolute atomic E-state index is 12.4. The number of amides is 1. The van der Waals surface area contributed by atoms with Crippen molar-refractivity contribution in [2.75, 3.05) is 5.32 Å². The summed E-state index contributed by atoms with van der Waals surface area (Å²) in [5.74, 6) is 0.694. The second kappa shape index (κ2) is 9.21. The third kappa shape index (κ3) is 4.16. The standard InChI is InChI=1S/C28H22N8O2S/c1-14(37)21-7-8-22(39-21)18-9-10-30-26-23(18)33-27(34-26)25-24-20(35-36-25)6-5-19(32-24)16-11-17(13-29-12-16)31-28(38)15-3-2-4-15/h5-13,15H,2-4H2,1H3,(H,31,38)(H,35,36)(H,30,33,34). The first-order valence-electron chi connectivity index (χ1n) is 12.6. The zero-order chi connectivity index (χ0) is 26.5. The maximum Gasteiger partial charge on any atom is 0.227 e. The van der Waals surface area contributed by atoms with Gasteiger partial charge in [0.2, 0.25) is 5.91 Å². The molecule has 6 aromatic heterocycles. The first-order valence-corrected chi connectivity index (χ1v) is 13.4. The lowest BCUT2D eigenvalue weighted by Gasteiger charge is -2.24. The largest absolute Gasteiger partial charge is 0.324 e. The highest BCUT2D eigenvalue weighted by molar-refractivity contribution is 7.17. The number of hydrogen-bond donors (Lipinski definition) is 3. The van der Waals surface area contributed by atoms with Gasteiger partial charge in [0.25, 0.3) is 0 Å². The van der Waals surface area contributed by atoms with Gasteiger partial charge < -0.3 is 10.3 Å². The van der Waals surface area contributed by atoms with Crippen LogP contribution in [0, 0.1) is 5.92 Å². The van der Waals surface area contributed by atoms with Crippen molar-refractivity contribution in [1.82, 2.24) is 35.1 Å². The number of ketones is 1. The zero-order valence-corrected chi connectivity index (χ0v) is 21.7. The number of rotatable bonds is 6. The van der Waals surface area contributed by atoms with Gasteiger partial charge in [0.1, 0.15) is 11.0 Å². The van der Waals surface area contributed by atoms with Crippen LogP contribution in [0.1, 0.15) is 35.9 Å². The molecule has 0 unspecified atom stereocenters. The summed E-state index contributed by atoms with van der Waals surface area (Å²) in [4.78, 5) is 47.6. The molecule has 39 heavy (non-hydrogen) atoms. The highest BCUT2D eigenvalue weighted by atomic mass is 32.1. The van der Waals surface area contributed by atoms with Crippen LogP contribution in [0.3, 0.4) is 0 Å². The van der Waals surface area contributed by atoms with Crippen LogP contribution in [0.4, 0.5) is 5.69 Å². The van der Waals surface area contributed by atoms with Crippen molar-refractivity contribution in [3.63, 3.8) is 0 Å². The van der Waals surface area contributed by atoms with Crippen molar-refractivity contribution in [1.29, 1.82) is 0 Å². The van der Waals surface area contributed by atoms with Crippen molar-refractivity contribution in [2.45, 2.75) is 26.2 Å². The maximum atomic E-state index is 12.4. The van der Waals surface area contributed by atoms with Crippen LogP contribution < -0.4 is 5.32 Å². The number of nitrogens with zero attached hydrogens (tertiary/aromatic N) is 5. The Morgan fingerprint density at radius 2 is 1.95 bits per heavy atom. The van der Waals surface area contributed by atoms with Gasteiger partial charge in [0, 0.05) is 34.3 Å². The fourth-order valence-electron chi connectivity index (χ4n) is 4.68. The molecule has 1 fully saturated rings. The smallest absolute Gasteiger partial charge is 0.227 e. The topological polar surface area (TPSA) is 142 Å². The molecule has 0 saturated heterocycles. The van der Waals surface area contributed by atoms with E-state index < -0.39 is 0 Å². The van der Waals surface area contributed by atoms with Crippen LogP contribution in [0.5, 0.6) is 0 Å². The van der Waals surface area contributed by atoms with E-state index in [2.05, 4.69) is 30.5 Å². The van der Waals surface area contributed by atoms with E-state index in [-0.39, 0.29) is 17.6 Å². The Morgan fingerprint density at radius 3 is 2.74 bits per heavy atom. The molecule has 0 atom stereocenters. The molecule has 6 heterocycles. The molecule has 0 radical (unpaired) electrons. The summed E-state index contributed by atoms with van der Waals surface area (Å²) in [5.41, 5.74) is 6.29. The summed E-state index contributed by atoms with van der Waals surface area (Å²) < 4.78 is 0. The number of aromatic amines is 2. The van der Waals surface area contributed by atoms with Crippen LogP contribution >= 0.6 is 11.3 Å². The zero-order valence-electron chi connectivity index (χ0n) is 20.9. The molecule has 1 amide bonds. The Hall–Kier alpha value is -4.77. The number of carbonyl (C=O) groups excluding carboxylic acids is 2. The molecule has 0 bridgehead atoms. The SMILES string of the molecule is CC(=O)c1ccc(-c2ccnc3[nH]c(-c4n[nH]c5ccc(-c6cncc(NC(=O)C7CCC7)c6)nc45)nc23)s1. The average Bonchev–Trinajstić information content (AvgIpc) is 3.65. The van der Waals surface area contributed by atoms with E-state index >= 15 is 0 Å². The average molecular weight is 535 g/mol. The lowest BCUT2D eigenvalue weighted by molar-refractivity contribution is -0.122. The summed E-state index contributed by atoms with van der Waals surface area (Å²) in [6.45, 7) is 1.56. The van der Waals surface area contributed by atoms with Gasteiger partial charge in [-0.25, -0.2) is 15.0 Å². The van der Waals surface area contributed by atoms with E-state index in [9.17, 15) is 9.59 Å². The van der Waals surface area contributed by atoms with Gasteiger partial charge in [0.15, 0.2) is 22.9 Å². The summed E-state index contributed by atoms with van der Waals surface area (Å²) in [7, 11) is 0. The molecule has 11 heteroatoms. The fraction of sp³-hybridized carbons (Fsp3) is 0.179. The molecule has 0 aliphatic heterocycles. The number of thiophene rings is 1. The number of pyridine rings is 3. The summed E-state index contributed by atoms with van der Waals surface area (Å²) in [6, 6.07) is 11.3. The monoisotopic (exact) mass is 534 g/mol. The minimum atomic E-state index is 0.0330. The Labute approximate surface area is 226 Å². The number of fused-ring (bicyclic) bond motifs is 2. The molecular weight excluding hydrogens is 512 g/mol. The summed E-state index contributed by atoms with van der Waals surface area (Å²) in [5, 5.41) is 10.5. The number of carbonyl (C=O) groups is 2. The lowest BCUT2D eigenvalue weighted by Crippen LogP contribution is -2.28. The second-order valence-corrected chi connectivity index (χ2v) is 10.7. The van der Waals surface area contributed by atoms with Gasteiger partial charge in [0.05, 0.1) is 28.0 Å². The summed E-state index contributed by atoms with van der Waals surface area (Å²) in [6.07, 6.45) is 8.06. The molecule has 1 aliphatic rings. The van der Waals surface area contributed by atoms with Gasteiger partial charge in [-0.05, 0) is 56.2 Å². The molecule has 10 nitrogen and oxygen atoms in total. The fourth-order valence-corrected chi connectivity index (χ4v) is 5.61. The van der Waals surface area contributed by atoms with Crippen LogP contribution in [0.2, 0.25) is 0 Å². The normalized spacial score (nSPS) is 13.6. The predicted molar refractivity (Wildman–Crippen MR) is 149 cm³/mol. The highest BCUT2D eigenvalue weighted by Crippen LogP contribution is 2.34. The quantitative estimate of drug-likeness (QED) is 0.235. The molecule has 7 rings (SSSR count). The van der Waals surface area contributed by atoms with Gasteiger partial charge in [-0.3, -0.25) is 19.7 Å². The van der Waals surface area contributed by atoms with Crippen molar-refractivity contribution in [2.24, 2.45) is 5.92 Å². The molecule has 3 N–H and O–H groups in total. The Morgan fingerprint density at radius 1 is 1.05 bits per heavy atom. The Kier molecular flexibility index (Phi) is 5.51. The van der Waals surface area contributed by atoms with Crippen LogP contribution in [0.25, 0.3) is 55.4 Å². The number of anilines is 1. The van der Waals surface area contributed by atoms with Crippen LogP contribution in [-0.4, -0.2) is 46.8 Å². The minimum Gasteiger partial charge on any atom is -0.324 e. The number of Topliss-reactive ketones (excluding diaryl/α,β-unsaturated/α-hetero) is 1. The Balaban J connectivity index is 1.25. The van der Waals surface area contributed by atoms with Crippen molar-refractivity contribution in [3.05, 3.63) is 59.9 Å². The molecule has 0 spiro atoms. The van der Waals surface area contributed by atoms with E-state index in [1.165, 1.54) is 11.3 Å². The van der Waals surface area contributed by atoms with Crippen LogP contribution in [0.15, 0.2) is 55.0 Å². The third-order valence-corrected chi connectivity index (χ3v) is 8.23. The van der Waals surface area contributed by atoms with E-state index in [4.69, 9.17) is 9.97 Å². The van der Waals surface area contributed by atoms with Crippen molar-refractivity contribution in [3.8, 4) is 33.2 Å². The molecular formula is C28H22N8O2S. The van der Waals surface area contributed by atoms with Crippen molar-refractivity contribution >= 4 is 50.9 Å². The van der Waals surface area contributed by atoms with E-state index in [0.29, 0.717) is 44.5 Å². The number of hydrogen-bond acceptors (Lipinski definition) is 8. The number of imidazole rings is 1. The first kappa shape index (κ1) is 23.4. The second-order valence-electron chi connectivity index (χ2n) is 9.61. The van der Waals surface area contributed by atoms with E-state index in [1.807, 2.05) is 36.4 Å². The van der Waals surface area contributed by atoms with E-state index in [0.717, 1.165) is 40.8 Å². The third-order valence-electron chi connectivity index (χ3n) is 7.01. The number of aromatic nitrogens is 7. The van der Waals surface area contributed by atoms with Gasteiger partial charge >= 0.3 is 0 Å². The Bertz CT molecular complexity index is 1900. The highest BCUT2D eigenvalue weighted by Gasteiger charge is 2.25. The number of nitrogens with one attached hydrogen (secondary N) is 3. The first-order chi connectivity index (χ1) is 19.0. The number of H-pyrrole nitrogens is 2. The van der Waals surface area contributed by atoms with Crippen molar-refractivity contribution < 1.29 is 9.59 Å². The molecule has 1 aliphatic carbocycles. The predicted octanol–water partition coefficient (Wildman–Crippen LogP) is 5.63. The van der Waals surface area contributed by atoms with Gasteiger partial charge in [-0.1, -0.05) is 6.42 Å².